The SMILES string of the molecule is CCCOc1ccc(OCc2ccc(CNCC)o2)cc1. The average Bonchev–Trinajstić information content (AvgIpc) is 2.98. The number of nitrogens with one attached hydrogen (secondary N) is 1. The molecule has 0 atom stereocenters. The molecule has 2 rings (SSSR count). The van der Waals surface area contributed by atoms with Crippen LogP contribution in [0.4, 0.5) is 0 Å². The number of benzene rings is 1. The topological polar surface area (TPSA) is 43.6 Å². The van der Waals surface area contributed by atoms with E-state index in [4.69, 9.17) is 13.9 Å². The van der Waals surface area contributed by atoms with E-state index < -0.39 is 0 Å². The predicted octanol–water partition coefficient (Wildman–Crippen LogP) is 3.76. The lowest BCUT2D eigenvalue weighted by Gasteiger charge is -2.07. The maximum absolute atomic E-state index is 5.70. The molecule has 0 radical (unpaired) electrons. The van der Waals surface area contributed by atoms with E-state index in [0.29, 0.717) is 6.61 Å². The van der Waals surface area contributed by atoms with E-state index in [1.54, 1.807) is 0 Å². The van der Waals surface area contributed by atoms with Crippen LogP contribution in [-0.2, 0) is 13.2 Å². The molecule has 0 bridgehead atoms. The van der Waals surface area contributed by atoms with Gasteiger partial charge in [0, 0.05) is 0 Å². The largest absolute Gasteiger partial charge is 0.494 e. The molecule has 0 amide bonds. The minimum atomic E-state index is 0.432. The van der Waals surface area contributed by atoms with Crippen molar-refractivity contribution < 1.29 is 13.9 Å². The van der Waals surface area contributed by atoms with E-state index in [9.17, 15) is 0 Å². The molecule has 0 saturated carbocycles. The van der Waals surface area contributed by atoms with E-state index in [1.807, 2.05) is 36.4 Å². The van der Waals surface area contributed by atoms with Gasteiger partial charge in [0.15, 0.2) is 0 Å². The Morgan fingerprint density at radius 1 is 0.905 bits per heavy atom. The van der Waals surface area contributed by atoms with Crippen molar-refractivity contribution in [3.05, 3.63) is 47.9 Å². The molecule has 0 unspecified atom stereocenters. The maximum atomic E-state index is 5.70. The fourth-order valence-corrected chi connectivity index (χ4v) is 1.85. The Kier molecular flexibility index (Phi) is 6.16. The first-order valence-corrected chi connectivity index (χ1v) is 7.45. The first-order valence-electron chi connectivity index (χ1n) is 7.45. The quantitative estimate of drug-likeness (QED) is 0.763. The molecule has 0 aliphatic carbocycles. The van der Waals surface area contributed by atoms with Crippen molar-refractivity contribution in [3.63, 3.8) is 0 Å². The molecule has 114 valence electrons. The van der Waals surface area contributed by atoms with Gasteiger partial charge in [0.1, 0.15) is 29.6 Å². The fraction of sp³-hybridized carbons (Fsp3) is 0.412. The van der Waals surface area contributed by atoms with Crippen LogP contribution in [0.3, 0.4) is 0 Å². The van der Waals surface area contributed by atoms with Crippen molar-refractivity contribution in [1.82, 2.24) is 5.32 Å². The van der Waals surface area contributed by atoms with Gasteiger partial charge in [-0.05, 0) is 49.4 Å². The predicted molar refractivity (Wildman–Crippen MR) is 82.6 cm³/mol. The molecular formula is C17H23NO3. The summed E-state index contributed by atoms with van der Waals surface area (Å²) >= 11 is 0. The second kappa shape index (κ2) is 8.37. The van der Waals surface area contributed by atoms with Crippen LogP contribution in [0, 0.1) is 0 Å². The molecular weight excluding hydrogens is 266 g/mol. The maximum Gasteiger partial charge on any atom is 0.146 e. The van der Waals surface area contributed by atoms with Gasteiger partial charge < -0.3 is 19.2 Å². The molecule has 4 nitrogen and oxygen atoms in total. The molecule has 0 saturated heterocycles. The van der Waals surface area contributed by atoms with Crippen LogP contribution in [-0.4, -0.2) is 13.2 Å². The van der Waals surface area contributed by atoms with Crippen LogP contribution >= 0.6 is 0 Å². The first kappa shape index (κ1) is 15.4. The molecule has 0 spiro atoms. The Morgan fingerprint density at radius 2 is 1.57 bits per heavy atom. The molecule has 1 aromatic heterocycles. The van der Waals surface area contributed by atoms with Crippen LogP contribution in [0.25, 0.3) is 0 Å². The van der Waals surface area contributed by atoms with Crippen LogP contribution in [0.1, 0.15) is 31.8 Å². The fourth-order valence-electron chi connectivity index (χ4n) is 1.85. The third kappa shape index (κ3) is 5.16. The zero-order valence-electron chi connectivity index (χ0n) is 12.7. The lowest BCUT2D eigenvalue weighted by atomic mass is 10.3. The highest BCUT2D eigenvalue weighted by Crippen LogP contribution is 2.19. The Labute approximate surface area is 126 Å². The van der Waals surface area contributed by atoms with Crippen LogP contribution < -0.4 is 14.8 Å². The Morgan fingerprint density at radius 3 is 2.24 bits per heavy atom. The molecule has 4 heteroatoms. The van der Waals surface area contributed by atoms with Crippen LogP contribution in [0.2, 0.25) is 0 Å². The Hall–Kier alpha value is -1.94. The normalized spacial score (nSPS) is 10.6. The van der Waals surface area contributed by atoms with Gasteiger partial charge in [-0.3, -0.25) is 0 Å². The van der Waals surface area contributed by atoms with E-state index in [0.717, 1.165) is 49.1 Å². The summed E-state index contributed by atoms with van der Waals surface area (Å²) in [6.45, 7) is 7.01. The van der Waals surface area contributed by atoms with Gasteiger partial charge in [-0.1, -0.05) is 13.8 Å². The highest BCUT2D eigenvalue weighted by molar-refractivity contribution is 5.31. The second-order valence-electron chi connectivity index (χ2n) is 4.76. The lowest BCUT2D eigenvalue weighted by molar-refractivity contribution is 0.264. The highest BCUT2D eigenvalue weighted by atomic mass is 16.5. The molecule has 0 aliphatic rings. The summed E-state index contributed by atoms with van der Waals surface area (Å²) in [7, 11) is 0. The molecule has 1 aromatic carbocycles. The van der Waals surface area contributed by atoms with Crippen molar-refractivity contribution in [1.29, 1.82) is 0 Å². The molecule has 21 heavy (non-hydrogen) atoms. The summed E-state index contributed by atoms with van der Waals surface area (Å²) in [5.41, 5.74) is 0. The van der Waals surface area contributed by atoms with Gasteiger partial charge in [0.2, 0.25) is 0 Å². The summed E-state index contributed by atoms with van der Waals surface area (Å²) in [5.74, 6) is 3.44. The van der Waals surface area contributed by atoms with E-state index in [1.165, 1.54) is 0 Å². The van der Waals surface area contributed by atoms with Gasteiger partial charge >= 0.3 is 0 Å². The van der Waals surface area contributed by atoms with Crippen molar-refractivity contribution in [3.8, 4) is 11.5 Å². The van der Waals surface area contributed by atoms with Gasteiger partial charge in [-0.15, -0.1) is 0 Å². The average molecular weight is 289 g/mol. The third-order valence-corrected chi connectivity index (χ3v) is 2.94. The second-order valence-corrected chi connectivity index (χ2v) is 4.76. The van der Waals surface area contributed by atoms with Crippen molar-refractivity contribution >= 4 is 0 Å². The number of ether oxygens (including phenoxy) is 2. The standard InChI is InChI=1S/C17H23NO3/c1-3-11-19-14-5-7-15(8-6-14)20-13-17-10-9-16(21-17)12-18-4-2/h5-10,18H,3-4,11-13H2,1-2H3. The summed E-state index contributed by atoms with van der Waals surface area (Å²) in [5, 5.41) is 3.23. The zero-order valence-corrected chi connectivity index (χ0v) is 12.7. The van der Waals surface area contributed by atoms with Crippen LogP contribution in [0.5, 0.6) is 11.5 Å². The van der Waals surface area contributed by atoms with Gasteiger partial charge in [-0.2, -0.15) is 0 Å². The summed E-state index contributed by atoms with van der Waals surface area (Å²) in [4.78, 5) is 0. The molecule has 0 aliphatic heterocycles. The summed E-state index contributed by atoms with van der Waals surface area (Å²) in [6.07, 6.45) is 1.01. The Balaban J connectivity index is 1.80. The van der Waals surface area contributed by atoms with E-state index in [2.05, 4.69) is 19.2 Å². The monoisotopic (exact) mass is 289 g/mol. The third-order valence-electron chi connectivity index (χ3n) is 2.94. The lowest BCUT2D eigenvalue weighted by Crippen LogP contribution is -2.10. The number of rotatable bonds is 9. The van der Waals surface area contributed by atoms with Crippen molar-refractivity contribution in [2.24, 2.45) is 0 Å². The molecule has 1 heterocycles. The minimum absolute atomic E-state index is 0.432. The first-order chi connectivity index (χ1) is 10.3. The van der Waals surface area contributed by atoms with Gasteiger partial charge in [0.05, 0.1) is 13.2 Å². The minimum Gasteiger partial charge on any atom is -0.494 e. The van der Waals surface area contributed by atoms with E-state index >= 15 is 0 Å². The zero-order chi connectivity index (χ0) is 14.9. The molecule has 0 fully saturated rings. The van der Waals surface area contributed by atoms with Crippen LogP contribution in [0.15, 0.2) is 40.8 Å². The number of furan rings is 1. The summed E-state index contributed by atoms with van der Waals surface area (Å²) in [6, 6.07) is 11.6. The van der Waals surface area contributed by atoms with Gasteiger partial charge in [-0.25, -0.2) is 0 Å². The molecule has 1 N–H and O–H groups in total. The molecule has 2 aromatic rings. The van der Waals surface area contributed by atoms with Crippen molar-refractivity contribution in [2.75, 3.05) is 13.2 Å². The van der Waals surface area contributed by atoms with E-state index in [-0.39, 0.29) is 0 Å². The number of hydrogen-bond donors (Lipinski definition) is 1. The summed E-state index contributed by atoms with van der Waals surface area (Å²) < 4.78 is 16.9. The van der Waals surface area contributed by atoms with Gasteiger partial charge in [0.25, 0.3) is 0 Å². The number of hydrogen-bond acceptors (Lipinski definition) is 4. The Bertz CT molecular complexity index is 519. The highest BCUT2D eigenvalue weighted by Gasteiger charge is 2.03. The van der Waals surface area contributed by atoms with Crippen molar-refractivity contribution in [2.45, 2.75) is 33.4 Å². The smallest absolute Gasteiger partial charge is 0.146 e.